The van der Waals surface area contributed by atoms with Crippen LogP contribution in [-0.2, 0) is 20.9 Å². The fraction of sp³-hybridized carbons (Fsp3) is 0.438. The predicted octanol–water partition coefficient (Wildman–Crippen LogP) is 0.897. The molecule has 2 N–H and O–H groups in total. The summed E-state index contributed by atoms with van der Waals surface area (Å²) in [6, 6.07) is 9.07. The number of imide groups is 1. The van der Waals surface area contributed by atoms with Gasteiger partial charge in [0.05, 0.1) is 20.1 Å². The lowest BCUT2D eigenvalue weighted by molar-refractivity contribution is -0.141. The predicted molar refractivity (Wildman–Crippen MR) is 85.6 cm³/mol. The minimum atomic E-state index is -0.523. The van der Waals surface area contributed by atoms with Gasteiger partial charge >= 0.3 is 12.0 Å². The Balaban J connectivity index is 2.60. The maximum Gasteiger partial charge on any atom is 0.321 e. The summed E-state index contributed by atoms with van der Waals surface area (Å²) in [5, 5.41) is 4.75. The highest BCUT2D eigenvalue weighted by atomic mass is 16.5. The van der Waals surface area contributed by atoms with Gasteiger partial charge < -0.3 is 10.1 Å². The van der Waals surface area contributed by atoms with E-state index in [0.29, 0.717) is 19.6 Å². The lowest BCUT2D eigenvalue weighted by Crippen LogP contribution is -2.44. The van der Waals surface area contributed by atoms with E-state index in [0.717, 1.165) is 5.56 Å². The zero-order chi connectivity index (χ0) is 17.1. The Hall–Kier alpha value is -2.41. The third kappa shape index (κ3) is 7.96. The number of methoxy groups -OCH3 is 1. The van der Waals surface area contributed by atoms with Crippen molar-refractivity contribution in [3.05, 3.63) is 35.9 Å². The number of ether oxygens (including phenoxy) is 1. The van der Waals surface area contributed by atoms with Crippen LogP contribution in [0.1, 0.15) is 18.9 Å². The van der Waals surface area contributed by atoms with Crippen molar-refractivity contribution < 1.29 is 19.1 Å². The number of esters is 1. The van der Waals surface area contributed by atoms with Crippen molar-refractivity contribution in [1.82, 2.24) is 15.5 Å². The molecule has 1 aromatic rings. The zero-order valence-electron chi connectivity index (χ0n) is 13.5. The summed E-state index contributed by atoms with van der Waals surface area (Å²) >= 11 is 0. The van der Waals surface area contributed by atoms with Crippen LogP contribution in [0.4, 0.5) is 4.79 Å². The smallest absolute Gasteiger partial charge is 0.321 e. The van der Waals surface area contributed by atoms with Gasteiger partial charge in [0.2, 0.25) is 5.91 Å². The fourth-order valence-electron chi connectivity index (χ4n) is 1.98. The van der Waals surface area contributed by atoms with Gasteiger partial charge in [0.1, 0.15) is 0 Å². The molecule has 0 saturated carbocycles. The molecule has 1 aromatic carbocycles. The number of rotatable bonds is 8. The minimum absolute atomic E-state index is 0.0169. The lowest BCUT2D eigenvalue weighted by Gasteiger charge is -2.21. The van der Waals surface area contributed by atoms with E-state index in [1.54, 1.807) is 11.8 Å². The number of amides is 3. The van der Waals surface area contributed by atoms with Crippen LogP contribution < -0.4 is 10.6 Å². The molecule has 0 aliphatic rings. The summed E-state index contributed by atoms with van der Waals surface area (Å²) < 4.78 is 4.62. The van der Waals surface area contributed by atoms with E-state index >= 15 is 0 Å². The van der Waals surface area contributed by atoms with Crippen LogP contribution in [0.25, 0.3) is 0 Å². The maximum atomic E-state index is 11.9. The average Bonchev–Trinajstić information content (AvgIpc) is 2.53. The molecule has 126 valence electrons. The first-order valence-corrected chi connectivity index (χ1v) is 7.46. The molecule has 3 amide bonds. The monoisotopic (exact) mass is 321 g/mol. The van der Waals surface area contributed by atoms with E-state index in [2.05, 4.69) is 15.4 Å². The van der Waals surface area contributed by atoms with Gasteiger partial charge in [-0.3, -0.25) is 19.8 Å². The molecule has 7 nitrogen and oxygen atoms in total. The van der Waals surface area contributed by atoms with Gasteiger partial charge in [0.15, 0.2) is 0 Å². The molecular formula is C16H23N3O4. The Morgan fingerprint density at radius 1 is 1.17 bits per heavy atom. The van der Waals surface area contributed by atoms with Gasteiger partial charge in [0, 0.05) is 19.6 Å². The van der Waals surface area contributed by atoms with Crippen LogP contribution in [0.5, 0.6) is 0 Å². The average molecular weight is 321 g/mol. The van der Waals surface area contributed by atoms with Gasteiger partial charge in [-0.05, 0) is 12.5 Å². The highest BCUT2D eigenvalue weighted by Gasteiger charge is 2.15. The molecule has 7 heteroatoms. The third-order valence-electron chi connectivity index (χ3n) is 3.07. The lowest BCUT2D eigenvalue weighted by atomic mass is 10.2. The maximum absolute atomic E-state index is 11.9. The van der Waals surface area contributed by atoms with Gasteiger partial charge in [-0.15, -0.1) is 0 Å². The zero-order valence-corrected chi connectivity index (χ0v) is 13.5. The molecule has 0 radical (unpaired) electrons. The second-order valence-electron chi connectivity index (χ2n) is 4.93. The Morgan fingerprint density at radius 2 is 1.87 bits per heavy atom. The van der Waals surface area contributed by atoms with Crippen molar-refractivity contribution >= 4 is 17.9 Å². The summed E-state index contributed by atoms with van der Waals surface area (Å²) in [5.74, 6) is -0.760. The highest BCUT2D eigenvalue weighted by molar-refractivity contribution is 5.95. The Bertz CT molecular complexity index is 519. The van der Waals surface area contributed by atoms with Crippen LogP contribution >= 0.6 is 0 Å². The molecule has 0 aromatic heterocycles. The number of nitrogens with one attached hydrogen (secondary N) is 2. The molecule has 1 rings (SSSR count). The minimum Gasteiger partial charge on any atom is -0.469 e. The molecule has 0 bridgehead atoms. The molecule has 0 aliphatic heterocycles. The second kappa shape index (κ2) is 10.3. The van der Waals surface area contributed by atoms with Crippen molar-refractivity contribution in [2.45, 2.75) is 19.9 Å². The van der Waals surface area contributed by atoms with Crippen molar-refractivity contribution in [3.63, 3.8) is 0 Å². The Kier molecular flexibility index (Phi) is 8.38. The number of hydrogen-bond acceptors (Lipinski definition) is 5. The second-order valence-corrected chi connectivity index (χ2v) is 4.93. The summed E-state index contributed by atoms with van der Waals surface area (Å²) in [7, 11) is 1.33. The summed E-state index contributed by atoms with van der Waals surface area (Å²) in [6.07, 6.45) is 0.178. The molecule has 0 aliphatic carbocycles. The standard InChI is InChI=1S/C16H23N3O4/c1-3-17-16(22)18-14(20)12-19(10-9-15(21)23-2)11-13-7-5-4-6-8-13/h4-8H,3,9-12H2,1-2H3,(H2,17,18,20,22). The van der Waals surface area contributed by atoms with Gasteiger partial charge in [-0.25, -0.2) is 4.79 Å². The van der Waals surface area contributed by atoms with Crippen molar-refractivity contribution in [1.29, 1.82) is 0 Å². The largest absolute Gasteiger partial charge is 0.469 e. The van der Waals surface area contributed by atoms with Crippen LogP contribution in [0.3, 0.4) is 0 Å². The first kappa shape index (κ1) is 18.6. The summed E-state index contributed by atoms with van der Waals surface area (Å²) in [4.78, 5) is 36.4. The molecule has 0 saturated heterocycles. The van der Waals surface area contributed by atoms with E-state index in [9.17, 15) is 14.4 Å². The first-order valence-electron chi connectivity index (χ1n) is 7.46. The van der Waals surface area contributed by atoms with Crippen molar-refractivity contribution in [2.75, 3.05) is 26.7 Å². The number of nitrogens with zero attached hydrogens (tertiary/aromatic N) is 1. The number of benzene rings is 1. The topological polar surface area (TPSA) is 87.7 Å². The fourth-order valence-corrected chi connectivity index (χ4v) is 1.98. The third-order valence-corrected chi connectivity index (χ3v) is 3.07. The van der Waals surface area contributed by atoms with Crippen LogP contribution in [-0.4, -0.2) is 49.6 Å². The molecule has 0 heterocycles. The molecule has 0 spiro atoms. The van der Waals surface area contributed by atoms with Crippen LogP contribution in [0, 0.1) is 0 Å². The molecule has 0 atom stereocenters. The summed E-state index contributed by atoms with van der Waals surface area (Å²) in [5.41, 5.74) is 1.02. The van der Waals surface area contributed by atoms with E-state index in [1.807, 2.05) is 30.3 Å². The van der Waals surface area contributed by atoms with Gasteiger partial charge in [0.25, 0.3) is 0 Å². The quantitative estimate of drug-likeness (QED) is 0.695. The SMILES string of the molecule is CCNC(=O)NC(=O)CN(CCC(=O)OC)Cc1ccccc1. The Labute approximate surface area is 136 Å². The van der Waals surface area contributed by atoms with E-state index < -0.39 is 11.9 Å². The summed E-state index contributed by atoms with van der Waals surface area (Å²) in [6.45, 7) is 3.09. The van der Waals surface area contributed by atoms with E-state index in [4.69, 9.17) is 0 Å². The number of carbonyl (C=O) groups is 3. The number of hydrogen-bond donors (Lipinski definition) is 2. The first-order chi connectivity index (χ1) is 11.0. The highest BCUT2D eigenvalue weighted by Crippen LogP contribution is 2.05. The molecular weight excluding hydrogens is 298 g/mol. The van der Waals surface area contributed by atoms with Crippen molar-refractivity contribution in [2.24, 2.45) is 0 Å². The van der Waals surface area contributed by atoms with Crippen molar-refractivity contribution in [3.8, 4) is 0 Å². The van der Waals surface area contributed by atoms with E-state index in [-0.39, 0.29) is 18.9 Å². The van der Waals surface area contributed by atoms with E-state index in [1.165, 1.54) is 7.11 Å². The van der Waals surface area contributed by atoms with Gasteiger partial charge in [-0.1, -0.05) is 30.3 Å². The van der Waals surface area contributed by atoms with Crippen LogP contribution in [0.15, 0.2) is 30.3 Å². The number of urea groups is 1. The normalized spacial score (nSPS) is 10.2. The van der Waals surface area contributed by atoms with Gasteiger partial charge in [-0.2, -0.15) is 0 Å². The number of carbonyl (C=O) groups excluding carboxylic acids is 3. The molecule has 0 fully saturated rings. The Morgan fingerprint density at radius 3 is 2.48 bits per heavy atom. The molecule has 0 unspecified atom stereocenters. The van der Waals surface area contributed by atoms with Crippen LogP contribution in [0.2, 0.25) is 0 Å². The molecule has 23 heavy (non-hydrogen) atoms.